The molecule has 2 amide bonds. The van der Waals surface area contributed by atoms with Crippen LogP contribution in [0.2, 0.25) is 0 Å². The lowest BCUT2D eigenvalue weighted by atomic mass is 10.1. The van der Waals surface area contributed by atoms with E-state index in [-0.39, 0.29) is 30.4 Å². The lowest BCUT2D eigenvalue weighted by Crippen LogP contribution is -2.26. The van der Waals surface area contributed by atoms with Crippen LogP contribution in [0.3, 0.4) is 0 Å². The Bertz CT molecular complexity index is 915. The number of aliphatic carboxylic acids is 1. The number of anilines is 1. The lowest BCUT2D eigenvalue weighted by Gasteiger charge is -2.08. The molecule has 1 aliphatic rings. The van der Waals surface area contributed by atoms with Gasteiger partial charge in [0.1, 0.15) is 0 Å². The molecule has 1 saturated carbocycles. The van der Waals surface area contributed by atoms with Gasteiger partial charge in [-0.2, -0.15) is 0 Å². The Labute approximate surface area is 159 Å². The molecule has 0 aromatic heterocycles. The summed E-state index contributed by atoms with van der Waals surface area (Å²) in [5, 5.41) is 13.7. The summed E-state index contributed by atoms with van der Waals surface area (Å²) < 4.78 is 27.2. The fourth-order valence-corrected chi connectivity index (χ4v) is 2.96. The zero-order valence-corrected chi connectivity index (χ0v) is 14.7. The molecular weight excluding hydrogens is 370 g/mol. The average molecular weight is 388 g/mol. The number of carboxylic acids is 1. The van der Waals surface area contributed by atoms with Crippen LogP contribution >= 0.6 is 0 Å². The minimum absolute atomic E-state index is 0.0202. The van der Waals surface area contributed by atoms with E-state index in [1.807, 2.05) is 0 Å². The number of carbonyl (C=O) groups is 3. The van der Waals surface area contributed by atoms with Crippen molar-refractivity contribution in [1.82, 2.24) is 5.32 Å². The quantitative estimate of drug-likeness (QED) is 0.680. The summed E-state index contributed by atoms with van der Waals surface area (Å²) in [5.41, 5.74) is 1.00. The molecule has 0 aliphatic heterocycles. The van der Waals surface area contributed by atoms with Crippen molar-refractivity contribution < 1.29 is 28.3 Å². The Morgan fingerprint density at radius 2 is 1.79 bits per heavy atom. The van der Waals surface area contributed by atoms with E-state index in [1.54, 1.807) is 12.1 Å². The van der Waals surface area contributed by atoms with Crippen LogP contribution in [0.25, 0.3) is 0 Å². The Hall–Kier alpha value is -3.29. The Morgan fingerprint density at radius 3 is 2.46 bits per heavy atom. The molecule has 0 spiro atoms. The van der Waals surface area contributed by atoms with Crippen LogP contribution < -0.4 is 10.6 Å². The van der Waals surface area contributed by atoms with Gasteiger partial charge < -0.3 is 15.7 Å². The SMILES string of the molecule is O=C(O)CCNC(=O)c1ccc(NC(=O)C2CC2c2cccc(F)c2F)cc1. The lowest BCUT2D eigenvalue weighted by molar-refractivity contribution is -0.136. The van der Waals surface area contributed by atoms with Crippen molar-refractivity contribution in [2.24, 2.45) is 5.92 Å². The fraction of sp³-hybridized carbons (Fsp3) is 0.250. The third-order valence-electron chi connectivity index (χ3n) is 4.55. The summed E-state index contributed by atoms with van der Waals surface area (Å²) >= 11 is 0. The molecule has 2 atom stereocenters. The van der Waals surface area contributed by atoms with E-state index in [9.17, 15) is 23.2 Å². The predicted octanol–water partition coefficient (Wildman–Crippen LogP) is 2.91. The van der Waals surface area contributed by atoms with Gasteiger partial charge in [0, 0.05) is 23.7 Å². The Kier molecular flexibility index (Phi) is 5.67. The summed E-state index contributed by atoms with van der Waals surface area (Å²) in [6.45, 7) is 0.0202. The summed E-state index contributed by atoms with van der Waals surface area (Å²) in [4.78, 5) is 34.6. The highest BCUT2D eigenvalue weighted by molar-refractivity contribution is 5.97. The molecule has 1 fully saturated rings. The number of hydrogen-bond acceptors (Lipinski definition) is 3. The molecule has 2 aromatic rings. The first kappa shape index (κ1) is 19.5. The third kappa shape index (κ3) is 4.51. The number of amides is 2. The number of carboxylic acid groups (broad SMARTS) is 1. The number of hydrogen-bond donors (Lipinski definition) is 3. The van der Waals surface area contributed by atoms with Gasteiger partial charge in [0.2, 0.25) is 5.91 Å². The second-order valence-corrected chi connectivity index (χ2v) is 6.56. The zero-order valence-electron chi connectivity index (χ0n) is 14.7. The van der Waals surface area contributed by atoms with Crippen molar-refractivity contribution in [2.45, 2.75) is 18.8 Å². The summed E-state index contributed by atoms with van der Waals surface area (Å²) in [7, 11) is 0. The maximum atomic E-state index is 13.8. The Balaban J connectivity index is 1.55. The van der Waals surface area contributed by atoms with Crippen molar-refractivity contribution in [1.29, 1.82) is 0 Å². The molecule has 2 unspecified atom stereocenters. The van der Waals surface area contributed by atoms with Gasteiger partial charge in [-0.05, 0) is 48.2 Å². The van der Waals surface area contributed by atoms with Crippen molar-refractivity contribution in [3.8, 4) is 0 Å². The molecule has 3 rings (SSSR count). The zero-order chi connectivity index (χ0) is 20.3. The number of benzene rings is 2. The van der Waals surface area contributed by atoms with Crippen LogP contribution in [0.15, 0.2) is 42.5 Å². The molecule has 0 bridgehead atoms. The fourth-order valence-electron chi connectivity index (χ4n) is 2.96. The summed E-state index contributed by atoms with van der Waals surface area (Å²) in [5.74, 6) is -4.35. The van der Waals surface area contributed by atoms with E-state index in [0.717, 1.165) is 6.07 Å². The van der Waals surface area contributed by atoms with E-state index < -0.39 is 29.4 Å². The minimum atomic E-state index is -1.00. The Morgan fingerprint density at radius 1 is 1.07 bits per heavy atom. The van der Waals surface area contributed by atoms with Gasteiger partial charge in [0.25, 0.3) is 5.91 Å². The normalized spacial score (nSPS) is 17.6. The van der Waals surface area contributed by atoms with E-state index >= 15 is 0 Å². The second kappa shape index (κ2) is 8.16. The molecule has 28 heavy (non-hydrogen) atoms. The van der Waals surface area contributed by atoms with Gasteiger partial charge in [-0.1, -0.05) is 12.1 Å². The monoisotopic (exact) mass is 388 g/mol. The maximum Gasteiger partial charge on any atom is 0.305 e. The van der Waals surface area contributed by atoms with E-state index in [4.69, 9.17) is 5.11 Å². The number of halogens is 2. The minimum Gasteiger partial charge on any atom is -0.481 e. The average Bonchev–Trinajstić information content (AvgIpc) is 3.45. The second-order valence-electron chi connectivity index (χ2n) is 6.56. The van der Waals surface area contributed by atoms with Crippen molar-refractivity contribution in [3.05, 3.63) is 65.2 Å². The van der Waals surface area contributed by atoms with Gasteiger partial charge in [-0.15, -0.1) is 0 Å². The first-order valence-electron chi connectivity index (χ1n) is 8.71. The topological polar surface area (TPSA) is 95.5 Å². The molecule has 146 valence electrons. The molecule has 1 aliphatic carbocycles. The summed E-state index contributed by atoms with van der Waals surface area (Å²) in [6.07, 6.45) is 0.268. The maximum absolute atomic E-state index is 13.8. The number of rotatable bonds is 7. The third-order valence-corrected chi connectivity index (χ3v) is 4.55. The molecular formula is C20H18F2N2O4. The summed E-state index contributed by atoms with van der Waals surface area (Å²) in [6, 6.07) is 10.0. The largest absolute Gasteiger partial charge is 0.481 e. The highest BCUT2D eigenvalue weighted by Crippen LogP contribution is 2.49. The van der Waals surface area contributed by atoms with E-state index in [2.05, 4.69) is 10.6 Å². The first-order chi connectivity index (χ1) is 13.4. The van der Waals surface area contributed by atoms with Crippen LogP contribution in [0.5, 0.6) is 0 Å². The molecule has 2 aromatic carbocycles. The van der Waals surface area contributed by atoms with Crippen LogP contribution in [-0.4, -0.2) is 29.4 Å². The van der Waals surface area contributed by atoms with Crippen LogP contribution in [-0.2, 0) is 9.59 Å². The van der Waals surface area contributed by atoms with E-state index in [0.29, 0.717) is 17.7 Å². The van der Waals surface area contributed by atoms with Crippen LogP contribution in [0.1, 0.15) is 34.7 Å². The molecule has 0 heterocycles. The molecule has 3 N–H and O–H groups in total. The molecule has 8 heteroatoms. The molecule has 0 saturated heterocycles. The van der Waals surface area contributed by atoms with Crippen molar-refractivity contribution in [3.63, 3.8) is 0 Å². The highest BCUT2D eigenvalue weighted by atomic mass is 19.2. The van der Waals surface area contributed by atoms with Gasteiger partial charge in [-0.25, -0.2) is 8.78 Å². The predicted molar refractivity (Wildman–Crippen MR) is 96.9 cm³/mol. The highest BCUT2D eigenvalue weighted by Gasteiger charge is 2.45. The smallest absolute Gasteiger partial charge is 0.305 e. The molecule has 6 nitrogen and oxygen atoms in total. The van der Waals surface area contributed by atoms with Gasteiger partial charge >= 0.3 is 5.97 Å². The van der Waals surface area contributed by atoms with Crippen LogP contribution in [0, 0.1) is 17.6 Å². The van der Waals surface area contributed by atoms with Crippen molar-refractivity contribution in [2.75, 3.05) is 11.9 Å². The standard InChI is InChI=1S/C20H18F2N2O4/c21-16-3-1-2-13(18(16)22)14-10-15(14)20(28)24-12-6-4-11(5-7-12)19(27)23-9-8-17(25)26/h1-7,14-15H,8-10H2,(H,23,27)(H,24,28)(H,25,26). The van der Waals surface area contributed by atoms with Crippen LogP contribution in [0.4, 0.5) is 14.5 Å². The number of carbonyl (C=O) groups excluding carboxylic acids is 2. The first-order valence-corrected chi connectivity index (χ1v) is 8.71. The number of nitrogens with one attached hydrogen (secondary N) is 2. The van der Waals surface area contributed by atoms with E-state index in [1.165, 1.54) is 24.3 Å². The van der Waals surface area contributed by atoms with Crippen molar-refractivity contribution >= 4 is 23.5 Å². The molecule has 0 radical (unpaired) electrons. The van der Waals surface area contributed by atoms with Gasteiger partial charge in [0.05, 0.1) is 6.42 Å². The van der Waals surface area contributed by atoms with Gasteiger partial charge in [-0.3, -0.25) is 14.4 Å². The van der Waals surface area contributed by atoms with Gasteiger partial charge in [0.15, 0.2) is 11.6 Å².